The summed E-state index contributed by atoms with van der Waals surface area (Å²) in [6, 6.07) is 13.6. The van der Waals surface area contributed by atoms with E-state index < -0.39 is 16.6 Å². The van der Waals surface area contributed by atoms with Gasteiger partial charge in [-0.2, -0.15) is 0 Å². The lowest BCUT2D eigenvalue weighted by atomic mass is 10.1. The maximum Gasteiger partial charge on any atom is 0.419 e. The van der Waals surface area contributed by atoms with Gasteiger partial charge in [0.2, 0.25) is 0 Å². The van der Waals surface area contributed by atoms with Crippen molar-refractivity contribution < 1.29 is 19.2 Å². The van der Waals surface area contributed by atoms with Gasteiger partial charge in [-0.05, 0) is 60.4 Å². The van der Waals surface area contributed by atoms with Gasteiger partial charge in [0.1, 0.15) is 12.8 Å². The van der Waals surface area contributed by atoms with Crippen LogP contribution in [0.2, 0.25) is 10.0 Å². The molecule has 0 radical (unpaired) electrons. The molecule has 1 atom stereocenters. The van der Waals surface area contributed by atoms with Crippen LogP contribution < -0.4 is 9.64 Å². The summed E-state index contributed by atoms with van der Waals surface area (Å²) < 4.78 is 12.8. The Balaban J connectivity index is 1.51. The summed E-state index contributed by atoms with van der Waals surface area (Å²) in [5, 5.41) is 11.9. The minimum atomic E-state index is -0.918. The Labute approximate surface area is 186 Å². The molecule has 11 heteroatoms. The molecule has 0 aliphatic carbocycles. The van der Waals surface area contributed by atoms with E-state index in [4.69, 9.17) is 32.7 Å². The number of nitro groups is 1. The van der Waals surface area contributed by atoms with Crippen molar-refractivity contribution in [3.63, 3.8) is 0 Å². The van der Waals surface area contributed by atoms with Crippen LogP contribution in [0.25, 0.3) is 0 Å². The standard InChI is InChI=1S/C20H16Cl2N4O5/c1-20(11-24-10-17(26(28)29)23-18(24)31-20)12-30-19(27)25(15-6-2-13(21)3-7-15)16-8-4-14(22)5-9-16/h2-10H,11-12H2,1H3. The summed E-state index contributed by atoms with van der Waals surface area (Å²) in [5.74, 6) is -0.300. The second-order valence-corrected chi connectivity index (χ2v) is 8.03. The molecule has 0 bridgehead atoms. The summed E-state index contributed by atoms with van der Waals surface area (Å²) in [7, 11) is 0. The maximum absolute atomic E-state index is 13.0. The van der Waals surface area contributed by atoms with Gasteiger partial charge in [-0.3, -0.25) is 4.57 Å². The highest BCUT2D eigenvalue weighted by Gasteiger charge is 2.41. The van der Waals surface area contributed by atoms with Gasteiger partial charge >= 0.3 is 17.9 Å². The zero-order chi connectivity index (χ0) is 22.2. The second kappa shape index (κ2) is 8.09. The molecular weight excluding hydrogens is 447 g/mol. The van der Waals surface area contributed by atoms with E-state index in [0.29, 0.717) is 21.4 Å². The number of carbonyl (C=O) groups is 1. The molecule has 1 aromatic heterocycles. The Morgan fingerprint density at radius 1 is 1.19 bits per heavy atom. The van der Waals surface area contributed by atoms with Gasteiger partial charge in [-0.1, -0.05) is 23.2 Å². The van der Waals surface area contributed by atoms with Crippen molar-refractivity contribution in [2.75, 3.05) is 11.5 Å². The Kier molecular flexibility index (Phi) is 5.47. The number of aromatic nitrogens is 2. The lowest BCUT2D eigenvalue weighted by Gasteiger charge is -2.26. The number of ether oxygens (including phenoxy) is 2. The molecule has 1 aliphatic rings. The zero-order valence-electron chi connectivity index (χ0n) is 16.2. The molecule has 2 heterocycles. The monoisotopic (exact) mass is 462 g/mol. The van der Waals surface area contributed by atoms with E-state index in [1.54, 1.807) is 55.5 Å². The highest BCUT2D eigenvalue weighted by molar-refractivity contribution is 6.31. The van der Waals surface area contributed by atoms with Crippen molar-refractivity contribution >= 4 is 46.5 Å². The molecule has 0 saturated heterocycles. The number of benzene rings is 2. The molecule has 4 rings (SSSR count). The largest absolute Gasteiger partial charge is 0.445 e. The van der Waals surface area contributed by atoms with Crippen molar-refractivity contribution in [2.45, 2.75) is 19.1 Å². The first-order valence-electron chi connectivity index (χ1n) is 9.13. The number of amides is 1. The molecule has 31 heavy (non-hydrogen) atoms. The minimum absolute atomic E-state index is 0.0966. The molecule has 1 amide bonds. The van der Waals surface area contributed by atoms with Crippen LogP contribution >= 0.6 is 23.2 Å². The summed E-state index contributed by atoms with van der Waals surface area (Å²) in [5.41, 5.74) is 0.189. The molecule has 1 aliphatic heterocycles. The maximum atomic E-state index is 13.0. The average Bonchev–Trinajstić information content (AvgIpc) is 3.25. The summed E-state index contributed by atoms with van der Waals surface area (Å²) >= 11 is 11.9. The Hall–Kier alpha value is -3.30. The highest BCUT2D eigenvalue weighted by atomic mass is 35.5. The van der Waals surface area contributed by atoms with Gasteiger partial charge < -0.3 is 19.6 Å². The lowest BCUT2D eigenvalue weighted by Crippen LogP contribution is -2.40. The highest BCUT2D eigenvalue weighted by Crippen LogP contribution is 2.32. The molecule has 0 saturated carbocycles. The van der Waals surface area contributed by atoms with E-state index in [0.717, 1.165) is 0 Å². The SMILES string of the molecule is CC1(COC(=O)N(c2ccc(Cl)cc2)c2ccc(Cl)cc2)Cn2cc([N+](=O)[O-])nc2O1. The first kappa shape index (κ1) is 21.0. The van der Waals surface area contributed by atoms with Crippen LogP contribution in [0, 0.1) is 10.1 Å². The van der Waals surface area contributed by atoms with Crippen molar-refractivity contribution in [1.82, 2.24) is 9.55 Å². The van der Waals surface area contributed by atoms with Crippen LogP contribution in [-0.4, -0.2) is 32.8 Å². The third-order valence-electron chi connectivity index (χ3n) is 4.61. The number of hydrogen-bond acceptors (Lipinski definition) is 6. The fraction of sp³-hybridized carbons (Fsp3) is 0.200. The Morgan fingerprint density at radius 3 is 2.23 bits per heavy atom. The number of imidazole rings is 1. The van der Waals surface area contributed by atoms with Crippen molar-refractivity contribution in [3.8, 4) is 6.01 Å². The van der Waals surface area contributed by atoms with E-state index in [9.17, 15) is 14.9 Å². The number of fused-ring (bicyclic) bond motifs is 1. The Morgan fingerprint density at radius 2 is 1.74 bits per heavy atom. The van der Waals surface area contributed by atoms with Crippen LogP contribution in [-0.2, 0) is 11.3 Å². The average molecular weight is 463 g/mol. The first-order chi connectivity index (χ1) is 14.7. The molecule has 0 N–H and O–H groups in total. The van der Waals surface area contributed by atoms with E-state index >= 15 is 0 Å². The van der Waals surface area contributed by atoms with Crippen molar-refractivity contribution in [2.24, 2.45) is 0 Å². The van der Waals surface area contributed by atoms with E-state index in [1.165, 1.54) is 15.7 Å². The fourth-order valence-corrected chi connectivity index (χ4v) is 3.43. The molecule has 1 unspecified atom stereocenters. The number of carbonyl (C=O) groups excluding carboxylic acids is 1. The summed E-state index contributed by atoms with van der Waals surface area (Å²) in [6.07, 6.45) is 0.654. The number of rotatable bonds is 5. The predicted octanol–water partition coefficient (Wildman–Crippen LogP) is 5.22. The number of hydrogen-bond donors (Lipinski definition) is 0. The van der Waals surface area contributed by atoms with Crippen LogP contribution in [0.1, 0.15) is 6.92 Å². The topological polar surface area (TPSA) is 99.7 Å². The normalized spacial score (nSPS) is 17.0. The molecule has 0 fully saturated rings. The molecule has 9 nitrogen and oxygen atoms in total. The Bertz CT molecular complexity index is 1060. The minimum Gasteiger partial charge on any atom is -0.445 e. The fourth-order valence-electron chi connectivity index (χ4n) is 3.18. The first-order valence-corrected chi connectivity index (χ1v) is 9.88. The molecule has 3 aromatic rings. The van der Waals surface area contributed by atoms with E-state index in [1.807, 2.05) is 0 Å². The van der Waals surface area contributed by atoms with Gasteiger partial charge in [-0.15, -0.1) is 0 Å². The smallest absolute Gasteiger partial charge is 0.419 e. The third-order valence-corrected chi connectivity index (χ3v) is 5.11. The van der Waals surface area contributed by atoms with Gasteiger partial charge in [0.15, 0.2) is 5.60 Å². The van der Waals surface area contributed by atoms with Crippen LogP contribution in [0.5, 0.6) is 6.01 Å². The lowest BCUT2D eigenvalue weighted by molar-refractivity contribution is -0.389. The summed E-state index contributed by atoms with van der Waals surface area (Å²) in [4.78, 5) is 28.5. The van der Waals surface area contributed by atoms with Gasteiger partial charge in [0.25, 0.3) is 0 Å². The number of nitrogens with zero attached hydrogens (tertiary/aromatic N) is 4. The van der Waals surface area contributed by atoms with Gasteiger partial charge in [-0.25, -0.2) is 9.69 Å². The van der Waals surface area contributed by atoms with Crippen molar-refractivity contribution in [3.05, 3.63) is 74.9 Å². The van der Waals surface area contributed by atoms with E-state index in [2.05, 4.69) is 4.98 Å². The summed E-state index contributed by atoms with van der Waals surface area (Å²) in [6.45, 7) is 1.88. The number of anilines is 2. The van der Waals surface area contributed by atoms with Crippen LogP contribution in [0.15, 0.2) is 54.7 Å². The second-order valence-electron chi connectivity index (χ2n) is 7.16. The third kappa shape index (κ3) is 4.42. The van der Waals surface area contributed by atoms with Gasteiger partial charge in [0, 0.05) is 15.0 Å². The van der Waals surface area contributed by atoms with Crippen LogP contribution in [0.4, 0.5) is 22.0 Å². The molecule has 160 valence electrons. The van der Waals surface area contributed by atoms with E-state index in [-0.39, 0.29) is 25.0 Å². The quantitative estimate of drug-likeness (QED) is 0.380. The zero-order valence-corrected chi connectivity index (χ0v) is 17.7. The molecule has 0 spiro atoms. The molecule has 2 aromatic carbocycles. The van der Waals surface area contributed by atoms with Gasteiger partial charge in [0.05, 0.1) is 17.9 Å². The predicted molar refractivity (Wildman–Crippen MR) is 114 cm³/mol. The van der Waals surface area contributed by atoms with Crippen LogP contribution in [0.3, 0.4) is 0 Å². The number of halogens is 2. The molecular formula is C20H16Cl2N4O5. The van der Waals surface area contributed by atoms with Crippen molar-refractivity contribution in [1.29, 1.82) is 0 Å².